The topological polar surface area (TPSA) is 9.23 Å². The average Bonchev–Trinajstić information content (AvgIpc) is 2.53. The second kappa shape index (κ2) is 3.87. The van der Waals surface area contributed by atoms with E-state index in [1.807, 2.05) is 12.1 Å². The van der Waals surface area contributed by atoms with Gasteiger partial charge in [-0.05, 0) is 30.2 Å². The van der Waals surface area contributed by atoms with Crippen LogP contribution >= 0.6 is 23.2 Å². The lowest BCUT2D eigenvalue weighted by atomic mass is 9.99. The second-order valence-corrected chi connectivity index (χ2v) is 4.14. The van der Waals surface area contributed by atoms with Gasteiger partial charge in [0, 0.05) is 22.6 Å². The van der Waals surface area contributed by atoms with Crippen LogP contribution in [0.1, 0.15) is 17.9 Å². The minimum absolute atomic E-state index is 0.469. The first-order chi connectivity index (χ1) is 6.25. The summed E-state index contributed by atoms with van der Waals surface area (Å²) in [6.07, 6.45) is 1.07. The number of rotatable bonds is 1. The van der Waals surface area contributed by atoms with Crippen molar-refractivity contribution in [3.63, 3.8) is 0 Å². The third-order valence-electron chi connectivity index (χ3n) is 2.29. The first-order valence-corrected chi connectivity index (χ1v) is 5.05. The zero-order valence-electron chi connectivity index (χ0n) is 7.09. The number of hydrogen-bond donors (Lipinski definition) is 0. The van der Waals surface area contributed by atoms with E-state index in [1.54, 1.807) is 6.07 Å². The van der Waals surface area contributed by atoms with Crippen LogP contribution in [0.3, 0.4) is 0 Å². The van der Waals surface area contributed by atoms with Crippen LogP contribution in [-0.2, 0) is 4.74 Å². The molecule has 3 heteroatoms. The molecule has 1 fully saturated rings. The van der Waals surface area contributed by atoms with Crippen LogP contribution in [0.25, 0.3) is 0 Å². The molecular weight excluding hydrogens is 207 g/mol. The summed E-state index contributed by atoms with van der Waals surface area (Å²) < 4.78 is 5.31. The zero-order chi connectivity index (χ0) is 9.26. The highest BCUT2D eigenvalue weighted by Crippen LogP contribution is 2.29. The van der Waals surface area contributed by atoms with Crippen molar-refractivity contribution < 1.29 is 4.74 Å². The molecule has 0 aliphatic carbocycles. The maximum absolute atomic E-state index is 5.90. The highest BCUT2D eigenvalue weighted by Gasteiger charge is 2.18. The molecule has 0 bridgehead atoms. The summed E-state index contributed by atoms with van der Waals surface area (Å²) >= 11 is 11.8. The first kappa shape index (κ1) is 9.32. The highest BCUT2D eigenvalue weighted by molar-refractivity contribution is 6.34. The second-order valence-electron chi connectivity index (χ2n) is 3.26. The number of hydrogen-bond acceptors (Lipinski definition) is 1. The van der Waals surface area contributed by atoms with Crippen molar-refractivity contribution in [1.29, 1.82) is 0 Å². The van der Waals surface area contributed by atoms with Crippen molar-refractivity contribution in [1.82, 2.24) is 0 Å². The van der Waals surface area contributed by atoms with Crippen LogP contribution in [0.2, 0.25) is 10.0 Å². The summed E-state index contributed by atoms with van der Waals surface area (Å²) in [7, 11) is 0. The van der Waals surface area contributed by atoms with Crippen LogP contribution in [0.5, 0.6) is 0 Å². The van der Waals surface area contributed by atoms with Gasteiger partial charge in [0.25, 0.3) is 0 Å². The van der Waals surface area contributed by atoms with Crippen molar-refractivity contribution in [3.8, 4) is 0 Å². The molecule has 1 aromatic rings. The van der Waals surface area contributed by atoms with E-state index in [1.165, 1.54) is 5.56 Å². The summed E-state index contributed by atoms with van der Waals surface area (Å²) in [6.45, 7) is 1.63. The van der Waals surface area contributed by atoms with Crippen molar-refractivity contribution in [2.75, 3.05) is 13.2 Å². The summed E-state index contributed by atoms with van der Waals surface area (Å²) in [5.41, 5.74) is 1.19. The van der Waals surface area contributed by atoms with Crippen molar-refractivity contribution in [3.05, 3.63) is 33.8 Å². The van der Waals surface area contributed by atoms with Crippen molar-refractivity contribution in [2.45, 2.75) is 12.3 Å². The SMILES string of the molecule is Clc1cc(Cl)cc([C@@H]2CCOC2)c1. The van der Waals surface area contributed by atoms with E-state index in [2.05, 4.69) is 0 Å². The summed E-state index contributed by atoms with van der Waals surface area (Å²) in [6, 6.07) is 5.68. The van der Waals surface area contributed by atoms with E-state index in [9.17, 15) is 0 Å². The fraction of sp³-hybridized carbons (Fsp3) is 0.400. The number of halogens is 2. The summed E-state index contributed by atoms with van der Waals surface area (Å²) in [5.74, 6) is 0.469. The third kappa shape index (κ3) is 2.16. The molecule has 0 amide bonds. The molecule has 1 heterocycles. The van der Waals surface area contributed by atoms with E-state index in [0.29, 0.717) is 16.0 Å². The zero-order valence-corrected chi connectivity index (χ0v) is 8.61. The van der Waals surface area contributed by atoms with E-state index in [4.69, 9.17) is 27.9 Å². The maximum atomic E-state index is 5.90. The normalized spacial score (nSPS) is 22.2. The minimum Gasteiger partial charge on any atom is -0.381 e. The summed E-state index contributed by atoms with van der Waals surface area (Å²) in [4.78, 5) is 0. The molecule has 1 nitrogen and oxygen atoms in total. The van der Waals surface area contributed by atoms with Gasteiger partial charge < -0.3 is 4.74 Å². The van der Waals surface area contributed by atoms with Gasteiger partial charge in [0.05, 0.1) is 6.61 Å². The minimum atomic E-state index is 0.469. The quantitative estimate of drug-likeness (QED) is 0.699. The largest absolute Gasteiger partial charge is 0.381 e. The third-order valence-corrected chi connectivity index (χ3v) is 2.72. The highest BCUT2D eigenvalue weighted by atomic mass is 35.5. The Kier molecular flexibility index (Phi) is 2.77. The molecule has 70 valence electrons. The predicted molar refractivity (Wildman–Crippen MR) is 54.6 cm³/mol. The molecular formula is C10H10Cl2O. The van der Waals surface area contributed by atoms with Gasteiger partial charge in [0.1, 0.15) is 0 Å². The number of ether oxygens (including phenoxy) is 1. The predicted octanol–water partition coefficient (Wildman–Crippen LogP) is 3.50. The Hall–Kier alpha value is -0.240. The fourth-order valence-electron chi connectivity index (χ4n) is 1.61. The first-order valence-electron chi connectivity index (χ1n) is 4.29. The smallest absolute Gasteiger partial charge is 0.0535 e. The molecule has 0 unspecified atom stereocenters. The van der Waals surface area contributed by atoms with E-state index >= 15 is 0 Å². The standard InChI is InChI=1S/C10H10Cl2O/c11-9-3-8(4-10(12)5-9)7-1-2-13-6-7/h3-5,7H,1-2,6H2/t7-/m1/s1. The maximum Gasteiger partial charge on any atom is 0.0535 e. The molecule has 1 atom stereocenters. The molecule has 1 aliphatic heterocycles. The van der Waals surface area contributed by atoms with Gasteiger partial charge in [-0.3, -0.25) is 0 Å². The Morgan fingerprint density at radius 2 is 1.85 bits per heavy atom. The van der Waals surface area contributed by atoms with Gasteiger partial charge in [-0.25, -0.2) is 0 Å². The van der Waals surface area contributed by atoms with Crippen LogP contribution in [-0.4, -0.2) is 13.2 Å². The molecule has 0 radical (unpaired) electrons. The Morgan fingerprint density at radius 3 is 2.38 bits per heavy atom. The lowest BCUT2D eigenvalue weighted by Crippen LogP contribution is -1.96. The van der Waals surface area contributed by atoms with E-state index in [0.717, 1.165) is 19.6 Å². The lowest BCUT2D eigenvalue weighted by molar-refractivity contribution is 0.194. The van der Waals surface area contributed by atoms with Crippen LogP contribution < -0.4 is 0 Å². The Balaban J connectivity index is 2.28. The molecule has 0 saturated carbocycles. The van der Waals surface area contributed by atoms with Crippen LogP contribution in [0.15, 0.2) is 18.2 Å². The van der Waals surface area contributed by atoms with Crippen LogP contribution in [0.4, 0.5) is 0 Å². The van der Waals surface area contributed by atoms with Gasteiger partial charge in [0.2, 0.25) is 0 Å². The Labute approximate surface area is 87.6 Å². The molecule has 2 rings (SSSR count). The molecule has 0 N–H and O–H groups in total. The van der Waals surface area contributed by atoms with Gasteiger partial charge in [-0.2, -0.15) is 0 Å². The van der Waals surface area contributed by atoms with Crippen molar-refractivity contribution in [2.24, 2.45) is 0 Å². The van der Waals surface area contributed by atoms with Gasteiger partial charge >= 0.3 is 0 Å². The molecule has 0 aromatic heterocycles. The van der Waals surface area contributed by atoms with E-state index in [-0.39, 0.29) is 0 Å². The summed E-state index contributed by atoms with van der Waals surface area (Å²) in [5, 5.41) is 1.41. The number of benzene rings is 1. The molecule has 13 heavy (non-hydrogen) atoms. The fourth-order valence-corrected chi connectivity index (χ4v) is 2.15. The molecule has 1 aromatic carbocycles. The monoisotopic (exact) mass is 216 g/mol. The van der Waals surface area contributed by atoms with Crippen molar-refractivity contribution >= 4 is 23.2 Å². The van der Waals surface area contributed by atoms with Gasteiger partial charge in [-0.15, -0.1) is 0 Å². The van der Waals surface area contributed by atoms with Crippen LogP contribution in [0, 0.1) is 0 Å². The van der Waals surface area contributed by atoms with Gasteiger partial charge in [0.15, 0.2) is 0 Å². The lowest BCUT2D eigenvalue weighted by Gasteiger charge is -2.08. The molecule has 1 aliphatic rings. The Morgan fingerprint density at radius 1 is 1.15 bits per heavy atom. The van der Waals surface area contributed by atoms with E-state index < -0.39 is 0 Å². The Bertz CT molecular complexity index is 286. The average molecular weight is 217 g/mol. The molecule has 1 saturated heterocycles. The van der Waals surface area contributed by atoms with Gasteiger partial charge in [-0.1, -0.05) is 23.2 Å². The molecule has 0 spiro atoms.